The first-order valence-corrected chi connectivity index (χ1v) is 5.97. The molecule has 0 radical (unpaired) electrons. The molecule has 1 aromatic heterocycles. The van der Waals surface area contributed by atoms with Crippen LogP contribution in [0.25, 0.3) is 0 Å². The summed E-state index contributed by atoms with van der Waals surface area (Å²) in [7, 11) is 0. The van der Waals surface area contributed by atoms with E-state index in [-0.39, 0.29) is 18.6 Å². The Balaban J connectivity index is 2.65. The van der Waals surface area contributed by atoms with Gasteiger partial charge in [-0.1, -0.05) is 11.6 Å². The summed E-state index contributed by atoms with van der Waals surface area (Å²) in [5.41, 5.74) is 0.918. The second-order valence-corrected chi connectivity index (χ2v) is 4.71. The molecule has 0 spiro atoms. The number of aryl methyl sites for hydroxylation is 1. The van der Waals surface area contributed by atoms with Gasteiger partial charge in [-0.25, -0.2) is 0 Å². The molecule has 15 heavy (non-hydrogen) atoms. The first-order valence-electron chi connectivity index (χ1n) is 4.71. The second-order valence-electron chi connectivity index (χ2n) is 3.45. The van der Waals surface area contributed by atoms with Crippen LogP contribution < -0.4 is 5.32 Å². The number of halogens is 1. The highest BCUT2D eigenvalue weighted by molar-refractivity contribution is 7.13. The number of nitrogens with one attached hydrogen (secondary N) is 1. The van der Waals surface area contributed by atoms with Gasteiger partial charge in [0.05, 0.1) is 5.02 Å². The largest absolute Gasteiger partial charge is 0.396 e. The summed E-state index contributed by atoms with van der Waals surface area (Å²) >= 11 is 7.30. The van der Waals surface area contributed by atoms with E-state index in [0.717, 1.165) is 5.56 Å². The van der Waals surface area contributed by atoms with Crippen molar-refractivity contribution in [3.05, 3.63) is 20.8 Å². The maximum atomic E-state index is 11.7. The van der Waals surface area contributed by atoms with Gasteiger partial charge in [-0.05, 0) is 31.2 Å². The van der Waals surface area contributed by atoms with Crippen LogP contribution >= 0.6 is 22.9 Å². The molecule has 0 fully saturated rings. The molecule has 0 saturated heterocycles. The highest BCUT2D eigenvalue weighted by atomic mass is 35.5. The van der Waals surface area contributed by atoms with Crippen LogP contribution in [0.4, 0.5) is 0 Å². The van der Waals surface area contributed by atoms with Crippen molar-refractivity contribution in [3.8, 4) is 0 Å². The molecule has 1 rings (SSSR count). The van der Waals surface area contributed by atoms with Gasteiger partial charge in [-0.2, -0.15) is 0 Å². The average molecular weight is 248 g/mol. The Hall–Kier alpha value is -0.580. The van der Waals surface area contributed by atoms with Crippen molar-refractivity contribution >= 4 is 28.8 Å². The van der Waals surface area contributed by atoms with E-state index in [1.165, 1.54) is 11.3 Å². The number of carbonyl (C=O) groups is 1. The number of hydrogen-bond donors (Lipinski definition) is 2. The predicted molar refractivity (Wildman–Crippen MR) is 62.7 cm³/mol. The lowest BCUT2D eigenvalue weighted by Crippen LogP contribution is -2.32. The number of aliphatic hydroxyl groups is 1. The van der Waals surface area contributed by atoms with E-state index in [0.29, 0.717) is 16.3 Å². The minimum absolute atomic E-state index is 0.0408. The maximum Gasteiger partial charge on any atom is 0.263 e. The van der Waals surface area contributed by atoms with Crippen molar-refractivity contribution in [2.24, 2.45) is 0 Å². The molecule has 1 amide bonds. The monoisotopic (exact) mass is 247 g/mol. The van der Waals surface area contributed by atoms with Gasteiger partial charge < -0.3 is 10.4 Å². The zero-order valence-corrected chi connectivity index (χ0v) is 10.3. The van der Waals surface area contributed by atoms with Gasteiger partial charge in [0.15, 0.2) is 0 Å². The molecule has 5 heteroatoms. The summed E-state index contributed by atoms with van der Waals surface area (Å²) in [6.45, 7) is 3.79. The summed E-state index contributed by atoms with van der Waals surface area (Å²) in [4.78, 5) is 12.2. The number of hydrogen-bond acceptors (Lipinski definition) is 3. The summed E-state index contributed by atoms with van der Waals surface area (Å²) in [6, 6.07) is -0.0408. The molecule has 0 aliphatic heterocycles. The SMILES string of the molecule is Cc1csc(C(=O)NC(C)CCO)c1Cl. The van der Waals surface area contributed by atoms with Crippen molar-refractivity contribution < 1.29 is 9.90 Å². The van der Waals surface area contributed by atoms with Gasteiger partial charge in [-0.15, -0.1) is 11.3 Å². The average Bonchev–Trinajstić information content (AvgIpc) is 2.48. The number of carbonyl (C=O) groups excluding carboxylic acids is 1. The van der Waals surface area contributed by atoms with Gasteiger partial charge in [0.2, 0.25) is 0 Å². The van der Waals surface area contributed by atoms with E-state index in [1.807, 2.05) is 19.2 Å². The van der Waals surface area contributed by atoms with Crippen LogP contribution in [0.1, 0.15) is 28.6 Å². The third-order valence-corrected chi connectivity index (χ3v) is 3.74. The molecule has 1 atom stereocenters. The smallest absolute Gasteiger partial charge is 0.263 e. The quantitative estimate of drug-likeness (QED) is 0.857. The minimum Gasteiger partial charge on any atom is -0.396 e. The van der Waals surface area contributed by atoms with Crippen LogP contribution in [0, 0.1) is 6.92 Å². The fourth-order valence-electron chi connectivity index (χ4n) is 1.14. The number of amides is 1. The van der Waals surface area contributed by atoms with E-state index in [9.17, 15) is 4.79 Å². The standard InChI is InChI=1S/C10H14ClNO2S/c1-6-5-15-9(8(6)11)10(14)12-7(2)3-4-13/h5,7,13H,3-4H2,1-2H3,(H,12,14). The molecule has 2 N–H and O–H groups in total. The maximum absolute atomic E-state index is 11.7. The molecule has 0 aromatic carbocycles. The summed E-state index contributed by atoms with van der Waals surface area (Å²) in [6.07, 6.45) is 0.549. The molecular weight excluding hydrogens is 234 g/mol. The van der Waals surface area contributed by atoms with E-state index >= 15 is 0 Å². The van der Waals surface area contributed by atoms with Crippen LogP contribution in [-0.2, 0) is 0 Å². The summed E-state index contributed by atoms with van der Waals surface area (Å²) in [5.74, 6) is -0.168. The van der Waals surface area contributed by atoms with Gasteiger partial charge in [0.1, 0.15) is 4.88 Å². The highest BCUT2D eigenvalue weighted by Gasteiger charge is 2.15. The Morgan fingerprint density at radius 2 is 2.40 bits per heavy atom. The Morgan fingerprint density at radius 1 is 1.73 bits per heavy atom. The lowest BCUT2D eigenvalue weighted by molar-refractivity contribution is 0.0938. The number of thiophene rings is 1. The molecule has 0 bridgehead atoms. The highest BCUT2D eigenvalue weighted by Crippen LogP contribution is 2.26. The van der Waals surface area contributed by atoms with Crippen molar-refractivity contribution in [1.82, 2.24) is 5.32 Å². The fraction of sp³-hybridized carbons (Fsp3) is 0.500. The van der Waals surface area contributed by atoms with Crippen LogP contribution in [0.2, 0.25) is 5.02 Å². The van der Waals surface area contributed by atoms with Crippen molar-refractivity contribution in [1.29, 1.82) is 0 Å². The van der Waals surface area contributed by atoms with Crippen molar-refractivity contribution in [2.45, 2.75) is 26.3 Å². The first-order chi connectivity index (χ1) is 7.06. The van der Waals surface area contributed by atoms with Gasteiger partial charge in [0, 0.05) is 12.6 Å². The van der Waals surface area contributed by atoms with Crippen LogP contribution in [0.5, 0.6) is 0 Å². The molecular formula is C10H14ClNO2S. The van der Waals surface area contributed by atoms with E-state index in [1.54, 1.807) is 0 Å². The molecule has 1 aromatic rings. The lowest BCUT2D eigenvalue weighted by Gasteiger charge is -2.11. The molecule has 0 aliphatic carbocycles. The zero-order chi connectivity index (χ0) is 11.4. The number of aliphatic hydroxyl groups excluding tert-OH is 1. The molecule has 3 nitrogen and oxygen atoms in total. The van der Waals surface area contributed by atoms with Crippen molar-refractivity contribution in [2.75, 3.05) is 6.61 Å². The Labute approximate surface area is 98.1 Å². The van der Waals surface area contributed by atoms with E-state index < -0.39 is 0 Å². The normalized spacial score (nSPS) is 12.5. The fourth-order valence-corrected chi connectivity index (χ4v) is 2.32. The lowest BCUT2D eigenvalue weighted by atomic mass is 10.2. The Morgan fingerprint density at radius 3 is 2.87 bits per heavy atom. The van der Waals surface area contributed by atoms with Crippen LogP contribution in [0.15, 0.2) is 5.38 Å². The third kappa shape index (κ3) is 3.19. The summed E-state index contributed by atoms with van der Waals surface area (Å²) < 4.78 is 0. The van der Waals surface area contributed by atoms with E-state index in [4.69, 9.17) is 16.7 Å². The zero-order valence-electron chi connectivity index (χ0n) is 8.71. The third-order valence-electron chi connectivity index (χ3n) is 2.04. The van der Waals surface area contributed by atoms with Crippen LogP contribution in [0.3, 0.4) is 0 Å². The summed E-state index contributed by atoms with van der Waals surface area (Å²) in [5, 5.41) is 13.9. The molecule has 84 valence electrons. The molecule has 0 saturated carbocycles. The van der Waals surface area contributed by atoms with E-state index in [2.05, 4.69) is 5.32 Å². The van der Waals surface area contributed by atoms with Crippen LogP contribution in [-0.4, -0.2) is 23.7 Å². The topological polar surface area (TPSA) is 49.3 Å². The van der Waals surface area contributed by atoms with Gasteiger partial charge in [-0.3, -0.25) is 4.79 Å². The molecule has 1 unspecified atom stereocenters. The van der Waals surface area contributed by atoms with Gasteiger partial charge in [0.25, 0.3) is 5.91 Å². The van der Waals surface area contributed by atoms with Crippen molar-refractivity contribution in [3.63, 3.8) is 0 Å². The van der Waals surface area contributed by atoms with Gasteiger partial charge >= 0.3 is 0 Å². The Kier molecular flexibility index (Phi) is 4.57. The molecule has 0 aliphatic rings. The minimum atomic E-state index is -0.168. The first kappa shape index (κ1) is 12.5. The Bertz CT molecular complexity index is 351. The number of rotatable bonds is 4. The second kappa shape index (κ2) is 5.49. The molecule has 1 heterocycles. The predicted octanol–water partition coefficient (Wildman–Crippen LogP) is 2.21.